The van der Waals surface area contributed by atoms with Gasteiger partial charge in [0, 0.05) is 17.6 Å². The Morgan fingerprint density at radius 2 is 1.27 bits per heavy atom. The molecule has 0 atom stereocenters. The van der Waals surface area contributed by atoms with E-state index in [4.69, 9.17) is 4.74 Å². The molecule has 1 aromatic rings. The van der Waals surface area contributed by atoms with Crippen molar-refractivity contribution >= 4 is 17.5 Å². The minimum Gasteiger partial charge on any atom is -0.426 e. The zero-order valence-electron chi connectivity index (χ0n) is 20.8. The lowest BCUT2D eigenvalue weighted by molar-refractivity contribution is -0.134. The topological polar surface area (TPSA) is 60.4 Å². The van der Waals surface area contributed by atoms with Crippen LogP contribution < -0.4 is 4.74 Å². The van der Waals surface area contributed by atoms with Crippen molar-refractivity contribution in [1.29, 1.82) is 0 Å². The third-order valence-corrected chi connectivity index (χ3v) is 6.43. The zero-order valence-corrected chi connectivity index (χ0v) is 20.8. The van der Waals surface area contributed by atoms with E-state index in [-0.39, 0.29) is 28.8 Å². The zero-order chi connectivity index (χ0) is 23.9. The molecule has 1 aliphatic carbocycles. The van der Waals surface area contributed by atoms with Gasteiger partial charge in [0.15, 0.2) is 11.6 Å². The fraction of sp³-hybridized carbons (Fsp3) is 0.621. The van der Waals surface area contributed by atoms with E-state index in [1.165, 1.54) is 83.1 Å². The third kappa shape index (κ3) is 9.65. The van der Waals surface area contributed by atoms with Crippen LogP contribution in [0.25, 0.3) is 0 Å². The molecule has 0 amide bonds. The van der Waals surface area contributed by atoms with E-state index in [1.807, 2.05) is 0 Å². The van der Waals surface area contributed by atoms with Gasteiger partial charge < -0.3 is 4.74 Å². The van der Waals surface area contributed by atoms with Crippen LogP contribution in [-0.2, 0) is 4.79 Å². The molecule has 0 spiro atoms. The molecule has 0 bridgehead atoms. The van der Waals surface area contributed by atoms with E-state index in [0.29, 0.717) is 17.6 Å². The quantitative estimate of drug-likeness (QED) is 0.135. The van der Waals surface area contributed by atoms with E-state index in [9.17, 15) is 14.4 Å². The van der Waals surface area contributed by atoms with Crippen LogP contribution >= 0.6 is 0 Å². The highest BCUT2D eigenvalue weighted by atomic mass is 16.5. The minimum atomic E-state index is -0.343. The molecule has 33 heavy (non-hydrogen) atoms. The number of hydrogen-bond donors (Lipinski definition) is 0. The summed E-state index contributed by atoms with van der Waals surface area (Å²) in [6.07, 6.45) is 20.8. The summed E-state index contributed by atoms with van der Waals surface area (Å²) in [7, 11) is 0. The molecule has 2 rings (SSSR count). The van der Waals surface area contributed by atoms with E-state index in [0.717, 1.165) is 19.3 Å². The molecule has 0 heterocycles. The Hall–Kier alpha value is -2.23. The average molecular weight is 455 g/mol. The van der Waals surface area contributed by atoms with Gasteiger partial charge in [0.2, 0.25) is 0 Å². The monoisotopic (exact) mass is 454 g/mol. The van der Waals surface area contributed by atoms with Gasteiger partial charge in [0.25, 0.3) is 0 Å². The van der Waals surface area contributed by atoms with Crippen LogP contribution in [0.3, 0.4) is 0 Å². The Balaban J connectivity index is 1.51. The van der Waals surface area contributed by atoms with Gasteiger partial charge in [-0.25, -0.2) is 0 Å². The molecule has 4 nitrogen and oxygen atoms in total. The Kier molecular flexibility index (Phi) is 12.8. The van der Waals surface area contributed by atoms with Crippen molar-refractivity contribution < 1.29 is 19.1 Å². The van der Waals surface area contributed by atoms with E-state index in [1.54, 1.807) is 25.1 Å². The van der Waals surface area contributed by atoms with Crippen molar-refractivity contribution in [1.82, 2.24) is 0 Å². The van der Waals surface area contributed by atoms with Crippen LogP contribution in [0.1, 0.15) is 137 Å². The second-order valence-corrected chi connectivity index (χ2v) is 9.37. The lowest BCUT2D eigenvalue weighted by atomic mass is 9.89. The number of rotatable bonds is 17. The van der Waals surface area contributed by atoms with Gasteiger partial charge in [0.1, 0.15) is 5.75 Å². The summed E-state index contributed by atoms with van der Waals surface area (Å²) in [4.78, 5) is 36.9. The Bertz CT molecular complexity index is 806. The van der Waals surface area contributed by atoms with Crippen LogP contribution in [0, 0.1) is 0 Å². The first-order valence-electron chi connectivity index (χ1n) is 13.2. The summed E-state index contributed by atoms with van der Waals surface area (Å²) in [5.41, 5.74) is 0.934. The number of allylic oxidation sites excluding steroid dienone is 2. The first kappa shape index (κ1) is 27.0. The molecule has 0 unspecified atom stereocenters. The van der Waals surface area contributed by atoms with E-state index in [2.05, 4.69) is 6.92 Å². The van der Waals surface area contributed by atoms with Crippen molar-refractivity contribution in [2.24, 2.45) is 0 Å². The van der Waals surface area contributed by atoms with E-state index >= 15 is 0 Å². The number of ketones is 2. The van der Waals surface area contributed by atoms with Crippen LogP contribution in [0.2, 0.25) is 0 Å². The fourth-order valence-corrected chi connectivity index (χ4v) is 4.42. The predicted octanol–water partition coefficient (Wildman–Crippen LogP) is 8.18. The second-order valence-electron chi connectivity index (χ2n) is 9.37. The van der Waals surface area contributed by atoms with Gasteiger partial charge in [-0.1, -0.05) is 109 Å². The molecule has 0 saturated carbocycles. The molecule has 0 radical (unpaired) electrons. The fourth-order valence-electron chi connectivity index (χ4n) is 4.42. The normalized spacial score (nSPS) is 13.1. The second kappa shape index (κ2) is 15.6. The number of ether oxygens (including phenoxy) is 1. The van der Waals surface area contributed by atoms with Gasteiger partial charge in [-0.3, -0.25) is 14.4 Å². The highest BCUT2D eigenvalue weighted by Gasteiger charge is 2.27. The van der Waals surface area contributed by atoms with Crippen LogP contribution in [0.5, 0.6) is 5.75 Å². The smallest absolute Gasteiger partial charge is 0.311 e. The lowest BCUT2D eigenvalue weighted by Crippen LogP contribution is -2.18. The number of carbonyl (C=O) groups excluding carboxylic acids is 3. The van der Waals surface area contributed by atoms with Crippen molar-refractivity contribution in [3.63, 3.8) is 0 Å². The predicted molar refractivity (Wildman–Crippen MR) is 134 cm³/mol. The number of hydrogen-bond acceptors (Lipinski definition) is 4. The molecule has 0 N–H and O–H groups in total. The van der Waals surface area contributed by atoms with Gasteiger partial charge in [0.05, 0.1) is 5.56 Å². The van der Waals surface area contributed by atoms with E-state index < -0.39 is 0 Å². The standard InChI is InChI=1S/C29H42O4/c1-3-4-5-6-7-8-9-10-11-12-13-14-15-16-17-21-27(31)33-26-20-18-19-24-28(26)25(30)22-23(2)29(24)32/h18-20,22H,3-17,21H2,1-2H3. The summed E-state index contributed by atoms with van der Waals surface area (Å²) in [6.45, 7) is 3.89. The van der Waals surface area contributed by atoms with Crippen LogP contribution in [0.4, 0.5) is 0 Å². The molecule has 0 aromatic heterocycles. The highest BCUT2D eigenvalue weighted by molar-refractivity contribution is 6.25. The number of unbranched alkanes of at least 4 members (excludes halogenated alkanes) is 14. The van der Waals surface area contributed by atoms with Gasteiger partial charge >= 0.3 is 5.97 Å². The van der Waals surface area contributed by atoms with Crippen molar-refractivity contribution in [2.45, 2.75) is 117 Å². The number of Topliss-reactive ketones (excluding diaryl/α,β-unsaturated/α-hetero) is 1. The SMILES string of the molecule is CCCCCCCCCCCCCCCCCC(=O)Oc1cccc2c1C(=O)C=C(C)C2=O. The van der Waals surface area contributed by atoms with Gasteiger partial charge in [-0.2, -0.15) is 0 Å². The van der Waals surface area contributed by atoms with Crippen LogP contribution in [-0.4, -0.2) is 17.5 Å². The average Bonchev–Trinajstić information content (AvgIpc) is 2.80. The summed E-state index contributed by atoms with van der Waals surface area (Å²) in [5, 5.41) is 0. The number of fused-ring (bicyclic) bond motifs is 1. The first-order valence-corrected chi connectivity index (χ1v) is 13.2. The molecular weight excluding hydrogens is 412 g/mol. The molecule has 1 aromatic carbocycles. The maximum absolute atomic E-state index is 12.3. The molecule has 4 heteroatoms. The number of esters is 1. The molecular formula is C29H42O4. The molecule has 0 aliphatic heterocycles. The maximum atomic E-state index is 12.3. The van der Waals surface area contributed by atoms with Crippen molar-refractivity contribution in [3.8, 4) is 5.75 Å². The highest BCUT2D eigenvalue weighted by Crippen LogP contribution is 2.29. The maximum Gasteiger partial charge on any atom is 0.311 e. The van der Waals surface area contributed by atoms with Crippen molar-refractivity contribution in [2.75, 3.05) is 0 Å². The summed E-state index contributed by atoms with van der Waals surface area (Å²) < 4.78 is 5.44. The summed E-state index contributed by atoms with van der Waals surface area (Å²) in [5.74, 6) is -0.618. The Morgan fingerprint density at radius 1 is 0.758 bits per heavy atom. The summed E-state index contributed by atoms with van der Waals surface area (Å²) >= 11 is 0. The molecule has 0 saturated heterocycles. The largest absolute Gasteiger partial charge is 0.426 e. The number of benzene rings is 1. The lowest BCUT2D eigenvalue weighted by Gasteiger charge is -2.16. The van der Waals surface area contributed by atoms with Crippen LogP contribution in [0.15, 0.2) is 29.8 Å². The molecule has 0 fully saturated rings. The minimum absolute atomic E-state index is 0.190. The van der Waals surface area contributed by atoms with Gasteiger partial charge in [-0.15, -0.1) is 0 Å². The van der Waals surface area contributed by atoms with Crippen molar-refractivity contribution in [3.05, 3.63) is 41.0 Å². The van der Waals surface area contributed by atoms with Gasteiger partial charge in [-0.05, 0) is 25.5 Å². The first-order chi connectivity index (χ1) is 16.0. The Morgan fingerprint density at radius 3 is 1.82 bits per heavy atom. The Labute approximate surface area is 200 Å². The third-order valence-electron chi connectivity index (χ3n) is 6.43. The summed E-state index contributed by atoms with van der Waals surface area (Å²) in [6, 6.07) is 4.85. The molecule has 1 aliphatic rings. The molecule has 182 valence electrons. The number of carbonyl (C=O) groups is 3.